The number of hydrogen-bond donors (Lipinski definition) is 0. The second-order valence-electron chi connectivity index (χ2n) is 12.8. The summed E-state index contributed by atoms with van der Waals surface area (Å²) in [6, 6.07) is 65.2. The molecule has 7 aromatic carbocycles. The molecule has 1 saturated heterocycles. The zero-order valence-electron chi connectivity index (χ0n) is 26.8. The van der Waals surface area contributed by atoms with Crippen LogP contribution in [0, 0.1) is 0 Å². The summed E-state index contributed by atoms with van der Waals surface area (Å²) in [4.78, 5) is 5.36. The Kier molecular flexibility index (Phi) is 6.36. The molecule has 0 bridgehead atoms. The average Bonchev–Trinajstić information content (AvgIpc) is 3.60. The number of aliphatic imine (C=N–C) groups is 1. The first-order chi connectivity index (χ1) is 24.3. The molecule has 49 heavy (non-hydrogen) atoms. The molecule has 10 rings (SSSR count). The molecule has 2 aliphatic rings. The number of para-hydroxylation sites is 2. The van der Waals surface area contributed by atoms with Crippen molar-refractivity contribution in [3.8, 4) is 33.4 Å². The highest BCUT2D eigenvalue weighted by Gasteiger charge is 2.59. The van der Waals surface area contributed by atoms with Crippen LogP contribution in [-0.4, -0.2) is 20.4 Å². The van der Waals surface area contributed by atoms with Crippen LogP contribution in [0.3, 0.4) is 0 Å². The molecule has 0 radical (unpaired) electrons. The maximum atomic E-state index is 5.36. The third kappa shape index (κ3) is 4.53. The van der Waals surface area contributed by atoms with Gasteiger partial charge in [0.05, 0.1) is 11.0 Å². The van der Waals surface area contributed by atoms with Crippen molar-refractivity contribution in [3.63, 3.8) is 0 Å². The van der Waals surface area contributed by atoms with Gasteiger partial charge in [-0.15, -0.1) is 5.01 Å². The molecule has 232 valence electrons. The van der Waals surface area contributed by atoms with Gasteiger partial charge in [0.2, 0.25) is 0 Å². The molecule has 4 nitrogen and oxygen atoms in total. The van der Waals surface area contributed by atoms with Crippen molar-refractivity contribution in [1.29, 1.82) is 0 Å². The lowest BCUT2D eigenvalue weighted by Gasteiger charge is -2.15. The van der Waals surface area contributed by atoms with Gasteiger partial charge in [-0.1, -0.05) is 176 Å². The van der Waals surface area contributed by atoms with Crippen LogP contribution >= 0.6 is 0 Å². The summed E-state index contributed by atoms with van der Waals surface area (Å²) < 4.78 is 2.54. The van der Waals surface area contributed by atoms with E-state index in [1.54, 1.807) is 0 Å². The van der Waals surface area contributed by atoms with Crippen LogP contribution in [0.2, 0.25) is 0 Å². The van der Waals surface area contributed by atoms with Gasteiger partial charge in [0.1, 0.15) is 0 Å². The maximum absolute atomic E-state index is 5.36. The van der Waals surface area contributed by atoms with Gasteiger partial charge in [-0.3, -0.25) is 0 Å². The monoisotopic (exact) mass is 628 g/mol. The predicted molar refractivity (Wildman–Crippen MR) is 201 cm³/mol. The number of amidine groups is 1. The Hall–Kier alpha value is -6.23. The van der Waals surface area contributed by atoms with E-state index in [0.29, 0.717) is 0 Å². The second kappa shape index (κ2) is 11.2. The molecule has 3 heterocycles. The lowest BCUT2D eigenvalue weighted by atomic mass is 9.98. The molecule has 0 saturated carbocycles. The molecular formula is C45H32N4. The summed E-state index contributed by atoms with van der Waals surface area (Å²) in [6.07, 6.45) is -0.151. The standard InChI is InChI=1S/C45H32N4/c1-4-13-31(14-5-1)33-23-27-35(28-24-33)38-20-12-21-40-39-19-10-11-22-41(39)47(42(38)40)45-48-43(36-17-8-3-9-18-36)46-44(49(45)48)37-29-25-34(26-30-37)32-15-6-2-7-16-32/h1-30,43,45H. The topological polar surface area (TPSA) is 23.3 Å². The quantitative estimate of drug-likeness (QED) is 0.171. The minimum Gasteiger partial charge on any atom is -0.303 e. The molecular weight excluding hydrogens is 597 g/mol. The van der Waals surface area contributed by atoms with Crippen LogP contribution < -0.4 is 0 Å². The first kappa shape index (κ1) is 27.8. The molecule has 1 fully saturated rings. The molecule has 1 aromatic heterocycles. The molecule has 0 aliphatic carbocycles. The van der Waals surface area contributed by atoms with E-state index in [-0.39, 0.29) is 12.5 Å². The van der Waals surface area contributed by atoms with Gasteiger partial charge in [-0.25, -0.2) is 10.0 Å². The van der Waals surface area contributed by atoms with Crippen molar-refractivity contribution in [2.45, 2.75) is 12.5 Å². The number of benzene rings is 7. The van der Waals surface area contributed by atoms with E-state index in [9.17, 15) is 0 Å². The summed E-state index contributed by atoms with van der Waals surface area (Å²) in [7, 11) is 0. The summed E-state index contributed by atoms with van der Waals surface area (Å²) in [5, 5.41) is 7.33. The number of fused-ring (bicyclic) bond motifs is 4. The lowest BCUT2D eigenvalue weighted by molar-refractivity contribution is 0.331. The smallest absolute Gasteiger partial charge is 0.199 e. The Morgan fingerprint density at radius 1 is 0.408 bits per heavy atom. The van der Waals surface area contributed by atoms with Gasteiger partial charge < -0.3 is 4.57 Å². The maximum Gasteiger partial charge on any atom is 0.199 e. The van der Waals surface area contributed by atoms with Gasteiger partial charge >= 0.3 is 0 Å². The summed E-state index contributed by atoms with van der Waals surface area (Å²) in [5.41, 5.74) is 12.0. The van der Waals surface area contributed by atoms with Gasteiger partial charge in [0.25, 0.3) is 0 Å². The molecule has 2 aliphatic heterocycles. The highest BCUT2D eigenvalue weighted by atomic mass is 16.0. The molecule has 8 aromatic rings. The average molecular weight is 629 g/mol. The van der Waals surface area contributed by atoms with E-state index in [1.807, 2.05) is 0 Å². The normalized spacial score (nSPS) is 18.1. The van der Waals surface area contributed by atoms with Crippen LogP contribution in [0.25, 0.3) is 55.2 Å². The highest BCUT2D eigenvalue weighted by molar-refractivity contribution is 6.13. The van der Waals surface area contributed by atoms with Crippen molar-refractivity contribution >= 4 is 27.6 Å². The van der Waals surface area contributed by atoms with Crippen LogP contribution in [0.1, 0.15) is 23.6 Å². The number of aromatic nitrogens is 1. The Labute approximate surface area is 285 Å². The van der Waals surface area contributed by atoms with Gasteiger partial charge in [-0.05, 0) is 39.4 Å². The first-order valence-corrected chi connectivity index (χ1v) is 16.9. The minimum absolute atomic E-state index is 0.0290. The van der Waals surface area contributed by atoms with Gasteiger partial charge in [0.15, 0.2) is 18.3 Å². The fourth-order valence-electron chi connectivity index (χ4n) is 7.60. The third-order valence-corrected chi connectivity index (χ3v) is 9.97. The first-order valence-electron chi connectivity index (χ1n) is 16.9. The van der Waals surface area contributed by atoms with Crippen molar-refractivity contribution in [1.82, 2.24) is 14.6 Å². The summed E-state index contributed by atoms with van der Waals surface area (Å²) in [5.74, 6) is 0.995. The third-order valence-electron chi connectivity index (χ3n) is 9.97. The fourth-order valence-corrected chi connectivity index (χ4v) is 7.60. The van der Waals surface area contributed by atoms with Crippen molar-refractivity contribution in [3.05, 3.63) is 193 Å². The van der Waals surface area contributed by atoms with Crippen molar-refractivity contribution < 1.29 is 0 Å². The zero-order valence-corrected chi connectivity index (χ0v) is 26.8. The minimum atomic E-state index is -0.122. The second-order valence-corrected chi connectivity index (χ2v) is 12.8. The van der Waals surface area contributed by atoms with E-state index < -0.39 is 0 Å². The lowest BCUT2D eigenvalue weighted by Crippen LogP contribution is -2.14. The Balaban J connectivity index is 1.12. The SMILES string of the molecule is c1ccc(-c2ccc(C3=NC(c4ccccc4)N4C(n5c6ccccc6c6cccc(-c7ccc(-c8ccccc8)cc7)c65)N34)cc2)cc1. The predicted octanol–water partition coefficient (Wildman–Crippen LogP) is 10.9. The Morgan fingerprint density at radius 2 is 0.918 bits per heavy atom. The van der Waals surface area contributed by atoms with E-state index >= 15 is 0 Å². The molecule has 0 N–H and O–H groups in total. The molecule has 3 atom stereocenters. The Morgan fingerprint density at radius 3 is 1.57 bits per heavy atom. The number of hydrazine groups is 1. The number of nitrogens with zero attached hydrogens (tertiary/aromatic N) is 4. The fraction of sp³-hybridized carbons (Fsp3) is 0.0444. The van der Waals surface area contributed by atoms with Crippen LogP contribution in [0.5, 0.6) is 0 Å². The zero-order chi connectivity index (χ0) is 32.3. The number of rotatable bonds is 6. The van der Waals surface area contributed by atoms with Crippen LogP contribution in [-0.2, 0) is 0 Å². The van der Waals surface area contributed by atoms with Gasteiger partial charge in [0, 0.05) is 21.9 Å². The largest absolute Gasteiger partial charge is 0.303 e. The molecule has 4 heteroatoms. The Bertz CT molecular complexity index is 2480. The van der Waals surface area contributed by atoms with E-state index in [1.165, 1.54) is 60.8 Å². The summed E-state index contributed by atoms with van der Waals surface area (Å²) in [6.45, 7) is 0. The summed E-state index contributed by atoms with van der Waals surface area (Å²) >= 11 is 0. The van der Waals surface area contributed by atoms with Crippen molar-refractivity contribution in [2.24, 2.45) is 4.99 Å². The van der Waals surface area contributed by atoms with Gasteiger partial charge in [-0.2, -0.15) is 0 Å². The molecule has 0 spiro atoms. The number of hydrogen-bond acceptors (Lipinski definition) is 3. The highest BCUT2D eigenvalue weighted by Crippen LogP contribution is 2.54. The molecule has 0 amide bonds. The van der Waals surface area contributed by atoms with Crippen LogP contribution in [0.15, 0.2) is 187 Å². The van der Waals surface area contributed by atoms with Crippen molar-refractivity contribution in [2.75, 3.05) is 0 Å². The van der Waals surface area contributed by atoms with Crippen LogP contribution in [0.4, 0.5) is 0 Å². The van der Waals surface area contributed by atoms with E-state index in [4.69, 9.17) is 4.99 Å². The van der Waals surface area contributed by atoms with E-state index in [0.717, 1.165) is 11.4 Å². The van der Waals surface area contributed by atoms with E-state index in [2.05, 4.69) is 197 Å². The molecule has 3 unspecified atom stereocenters.